The molecule has 7 nitrogen and oxygen atoms in total. The van der Waals surface area contributed by atoms with E-state index < -0.39 is 12.1 Å². The predicted molar refractivity (Wildman–Crippen MR) is 110 cm³/mol. The molecule has 0 aliphatic carbocycles. The minimum atomic E-state index is -0.553. The van der Waals surface area contributed by atoms with Gasteiger partial charge in [0.1, 0.15) is 11.9 Å². The fraction of sp³-hybridized carbons (Fsp3) is 0.273. The van der Waals surface area contributed by atoms with E-state index in [-0.39, 0.29) is 24.5 Å². The van der Waals surface area contributed by atoms with Crippen LogP contribution in [-0.2, 0) is 16.0 Å². The fourth-order valence-corrected chi connectivity index (χ4v) is 4.48. The highest BCUT2D eigenvalue weighted by molar-refractivity contribution is 6.28. The number of methoxy groups -OCH3 is 1. The van der Waals surface area contributed by atoms with Crippen LogP contribution in [0.15, 0.2) is 42.5 Å². The average Bonchev–Trinajstić information content (AvgIpc) is 3.39. The Kier molecular flexibility index (Phi) is 4.64. The first-order valence-electron chi connectivity index (χ1n) is 9.57. The van der Waals surface area contributed by atoms with E-state index >= 15 is 0 Å². The van der Waals surface area contributed by atoms with E-state index in [1.165, 1.54) is 7.11 Å². The molecule has 2 aliphatic rings. The molecule has 30 heavy (non-hydrogen) atoms. The second kappa shape index (κ2) is 7.34. The predicted octanol–water partition coefficient (Wildman–Crippen LogP) is 3.03. The van der Waals surface area contributed by atoms with Crippen molar-refractivity contribution in [1.29, 1.82) is 0 Å². The summed E-state index contributed by atoms with van der Waals surface area (Å²) in [5.74, 6) is 0.559. The zero-order valence-electron chi connectivity index (χ0n) is 16.2. The van der Waals surface area contributed by atoms with Crippen LogP contribution in [0.2, 0.25) is 0 Å². The lowest BCUT2D eigenvalue weighted by atomic mass is 9.90. The number of ether oxygens (including phenoxy) is 3. The number of esters is 1. The molecular weight excluding hydrogens is 408 g/mol. The number of para-hydroxylation sites is 1. The number of nitrogens with zero attached hydrogens (tertiary/aromatic N) is 1. The summed E-state index contributed by atoms with van der Waals surface area (Å²) in [5.41, 5.74) is 3.33. The third-order valence-electron chi connectivity index (χ3n) is 5.65. The van der Waals surface area contributed by atoms with Crippen LogP contribution in [0.4, 0.5) is 0 Å². The van der Waals surface area contributed by atoms with Gasteiger partial charge in [-0.3, -0.25) is 19.5 Å². The lowest BCUT2D eigenvalue weighted by Crippen LogP contribution is -2.46. The van der Waals surface area contributed by atoms with Crippen molar-refractivity contribution in [2.24, 2.45) is 0 Å². The first-order valence-corrected chi connectivity index (χ1v) is 10.1. The van der Waals surface area contributed by atoms with E-state index in [4.69, 9.17) is 25.8 Å². The number of hydrogen-bond donors (Lipinski definition) is 1. The largest absolute Gasteiger partial charge is 0.468 e. The maximum absolute atomic E-state index is 12.9. The minimum absolute atomic E-state index is 0.153. The van der Waals surface area contributed by atoms with Crippen LogP contribution in [0.3, 0.4) is 0 Å². The zero-order valence-corrected chi connectivity index (χ0v) is 16.9. The molecule has 2 atom stereocenters. The number of fused-ring (bicyclic) bond motifs is 4. The third kappa shape index (κ3) is 2.85. The molecule has 2 aliphatic heterocycles. The van der Waals surface area contributed by atoms with Crippen LogP contribution in [-0.4, -0.2) is 42.3 Å². The van der Waals surface area contributed by atoms with Crippen LogP contribution >= 0.6 is 11.6 Å². The Morgan fingerprint density at radius 3 is 2.80 bits per heavy atom. The molecule has 3 aromatic rings. The van der Waals surface area contributed by atoms with Crippen molar-refractivity contribution >= 4 is 34.4 Å². The molecule has 1 aromatic heterocycles. The SMILES string of the molecule is COC(=O)[C@@H]1Cc2c(n(C(=O)CCl)c3ccccc23)[C@H](c2ccc3c(c2)OCO3)N1. The molecule has 8 heteroatoms. The van der Waals surface area contributed by atoms with Gasteiger partial charge in [0, 0.05) is 11.8 Å². The Hall–Kier alpha value is -3.03. The molecule has 5 rings (SSSR count). The number of nitrogens with one attached hydrogen (secondary N) is 1. The van der Waals surface area contributed by atoms with Crippen LogP contribution < -0.4 is 14.8 Å². The summed E-state index contributed by atoms with van der Waals surface area (Å²) < 4.78 is 17.6. The Bertz CT molecular complexity index is 1170. The van der Waals surface area contributed by atoms with Crippen molar-refractivity contribution in [3.63, 3.8) is 0 Å². The molecule has 0 unspecified atom stereocenters. The number of alkyl halides is 1. The lowest BCUT2D eigenvalue weighted by molar-refractivity contribution is -0.143. The van der Waals surface area contributed by atoms with E-state index in [0.29, 0.717) is 17.9 Å². The van der Waals surface area contributed by atoms with E-state index in [1.54, 1.807) is 4.57 Å². The monoisotopic (exact) mass is 426 g/mol. The van der Waals surface area contributed by atoms with Gasteiger partial charge in [0.15, 0.2) is 11.5 Å². The van der Waals surface area contributed by atoms with Crippen molar-refractivity contribution in [3.05, 3.63) is 59.3 Å². The van der Waals surface area contributed by atoms with Crippen LogP contribution in [0, 0.1) is 0 Å². The molecule has 0 spiro atoms. The number of benzene rings is 2. The van der Waals surface area contributed by atoms with Gasteiger partial charge in [0.05, 0.1) is 24.4 Å². The molecular formula is C22H19ClN2O5. The van der Waals surface area contributed by atoms with Gasteiger partial charge in [-0.1, -0.05) is 24.3 Å². The minimum Gasteiger partial charge on any atom is -0.468 e. The number of aromatic nitrogens is 1. The molecule has 154 valence electrons. The number of carbonyl (C=O) groups is 2. The summed E-state index contributed by atoms with van der Waals surface area (Å²) in [7, 11) is 1.37. The van der Waals surface area contributed by atoms with Crippen molar-refractivity contribution in [2.45, 2.75) is 18.5 Å². The summed E-state index contributed by atoms with van der Waals surface area (Å²) >= 11 is 5.96. The quantitative estimate of drug-likeness (QED) is 0.512. The normalized spacial score (nSPS) is 19.5. The highest BCUT2D eigenvalue weighted by atomic mass is 35.5. The highest BCUT2D eigenvalue weighted by Crippen LogP contribution is 2.41. The molecule has 0 bridgehead atoms. The zero-order chi connectivity index (χ0) is 20.8. The maximum Gasteiger partial charge on any atom is 0.323 e. The van der Waals surface area contributed by atoms with Gasteiger partial charge in [-0.05, 0) is 29.3 Å². The average molecular weight is 427 g/mol. The maximum atomic E-state index is 12.9. The molecule has 0 radical (unpaired) electrons. The third-order valence-corrected chi connectivity index (χ3v) is 5.88. The van der Waals surface area contributed by atoms with Crippen molar-refractivity contribution < 1.29 is 23.8 Å². The number of carbonyl (C=O) groups excluding carboxylic acids is 2. The summed E-state index contributed by atoms with van der Waals surface area (Å²) in [6.45, 7) is 0.165. The van der Waals surface area contributed by atoms with Crippen molar-refractivity contribution in [3.8, 4) is 11.5 Å². The van der Waals surface area contributed by atoms with Gasteiger partial charge < -0.3 is 14.2 Å². The standard InChI is InChI=1S/C22H19ClN2O5/c1-28-22(27)15-9-14-13-4-2-3-5-16(13)25(19(26)10-23)21(14)20(24-15)12-6-7-17-18(8-12)30-11-29-17/h2-8,15,20,24H,9-11H2,1H3/t15-,20-/m0/s1. The first-order chi connectivity index (χ1) is 14.6. The molecule has 1 N–H and O–H groups in total. The summed E-state index contributed by atoms with van der Waals surface area (Å²) in [4.78, 5) is 25.3. The van der Waals surface area contributed by atoms with Crippen molar-refractivity contribution in [2.75, 3.05) is 19.8 Å². The van der Waals surface area contributed by atoms with Crippen LogP contribution in [0.25, 0.3) is 10.9 Å². The molecule has 0 saturated heterocycles. The molecule has 0 saturated carbocycles. The van der Waals surface area contributed by atoms with E-state index in [2.05, 4.69) is 5.32 Å². The number of hydrogen-bond acceptors (Lipinski definition) is 6. The second-order valence-electron chi connectivity index (χ2n) is 7.24. The molecule has 3 heterocycles. The van der Waals surface area contributed by atoms with Gasteiger partial charge >= 0.3 is 5.97 Å². The number of halogens is 1. The van der Waals surface area contributed by atoms with Gasteiger partial charge in [0.25, 0.3) is 0 Å². The Morgan fingerprint density at radius 2 is 2.00 bits per heavy atom. The Morgan fingerprint density at radius 1 is 1.20 bits per heavy atom. The summed E-state index contributed by atoms with van der Waals surface area (Å²) in [6, 6.07) is 12.3. The van der Waals surface area contributed by atoms with E-state index in [9.17, 15) is 9.59 Å². The van der Waals surface area contributed by atoms with Gasteiger partial charge in [-0.2, -0.15) is 0 Å². The highest BCUT2D eigenvalue weighted by Gasteiger charge is 2.38. The van der Waals surface area contributed by atoms with Gasteiger partial charge in [-0.25, -0.2) is 0 Å². The van der Waals surface area contributed by atoms with Crippen LogP contribution in [0.1, 0.15) is 27.7 Å². The fourth-order valence-electron chi connectivity index (χ4n) is 4.36. The topological polar surface area (TPSA) is 78.8 Å². The molecule has 2 aromatic carbocycles. The summed E-state index contributed by atoms with van der Waals surface area (Å²) in [5, 5.41) is 4.28. The number of rotatable bonds is 3. The molecule has 0 amide bonds. The smallest absolute Gasteiger partial charge is 0.323 e. The lowest BCUT2D eigenvalue weighted by Gasteiger charge is -2.31. The van der Waals surface area contributed by atoms with Crippen LogP contribution in [0.5, 0.6) is 11.5 Å². The first kappa shape index (κ1) is 19.0. The Labute approximate surface area is 177 Å². The summed E-state index contributed by atoms with van der Waals surface area (Å²) in [6.07, 6.45) is 0.409. The van der Waals surface area contributed by atoms with E-state index in [0.717, 1.165) is 27.7 Å². The molecule has 0 fully saturated rings. The van der Waals surface area contributed by atoms with Gasteiger partial charge in [0.2, 0.25) is 12.7 Å². The van der Waals surface area contributed by atoms with E-state index in [1.807, 2.05) is 42.5 Å². The van der Waals surface area contributed by atoms with Crippen molar-refractivity contribution in [1.82, 2.24) is 9.88 Å². The Balaban J connectivity index is 1.75. The van der Waals surface area contributed by atoms with Gasteiger partial charge in [-0.15, -0.1) is 11.6 Å². The second-order valence-corrected chi connectivity index (χ2v) is 7.50.